The first-order valence-electron chi connectivity index (χ1n) is 6.12. The maximum atomic E-state index is 11.3. The Morgan fingerprint density at radius 2 is 1.67 bits per heavy atom. The molecule has 0 amide bonds. The number of carboxylic acid groups (broad SMARTS) is 1. The topological polar surface area (TPSA) is 89.6 Å². The van der Waals surface area contributed by atoms with Gasteiger partial charge in [0.15, 0.2) is 0 Å². The SMILES string of the molecule is CC(=O)O.CC(C)C(N)CCC(=O)OC(C)(C)C. The van der Waals surface area contributed by atoms with Gasteiger partial charge in [-0.25, -0.2) is 0 Å². The Kier molecular flexibility index (Phi) is 9.53. The van der Waals surface area contributed by atoms with Crippen LogP contribution in [0.25, 0.3) is 0 Å². The van der Waals surface area contributed by atoms with Crippen LogP contribution in [0.2, 0.25) is 0 Å². The van der Waals surface area contributed by atoms with Crippen molar-refractivity contribution in [3.05, 3.63) is 0 Å². The number of esters is 1. The number of carbonyl (C=O) groups excluding carboxylic acids is 1. The van der Waals surface area contributed by atoms with Gasteiger partial charge in [0.2, 0.25) is 0 Å². The Morgan fingerprint density at radius 3 is 1.94 bits per heavy atom. The summed E-state index contributed by atoms with van der Waals surface area (Å²) in [5, 5.41) is 7.42. The first-order valence-corrected chi connectivity index (χ1v) is 6.12. The molecule has 0 aromatic heterocycles. The van der Waals surface area contributed by atoms with E-state index in [1.807, 2.05) is 20.8 Å². The van der Waals surface area contributed by atoms with Crippen LogP contribution in [0.4, 0.5) is 0 Å². The molecule has 0 aromatic carbocycles. The van der Waals surface area contributed by atoms with Crippen molar-refractivity contribution in [1.29, 1.82) is 0 Å². The summed E-state index contributed by atoms with van der Waals surface area (Å²) in [6.45, 7) is 10.8. The maximum absolute atomic E-state index is 11.3. The fourth-order valence-electron chi connectivity index (χ4n) is 1.01. The maximum Gasteiger partial charge on any atom is 0.306 e. The molecule has 5 nitrogen and oxygen atoms in total. The molecule has 0 saturated carbocycles. The molecular formula is C13H27NO4. The quantitative estimate of drug-likeness (QED) is 0.757. The molecule has 0 rings (SSSR count). The van der Waals surface area contributed by atoms with Gasteiger partial charge in [-0.2, -0.15) is 0 Å². The number of ether oxygens (including phenoxy) is 1. The Labute approximate surface area is 110 Å². The van der Waals surface area contributed by atoms with Crippen LogP contribution in [-0.4, -0.2) is 28.7 Å². The summed E-state index contributed by atoms with van der Waals surface area (Å²) < 4.78 is 5.17. The van der Waals surface area contributed by atoms with Gasteiger partial charge in [-0.3, -0.25) is 9.59 Å². The minimum Gasteiger partial charge on any atom is -0.481 e. The highest BCUT2D eigenvalue weighted by atomic mass is 16.6. The fourth-order valence-corrected chi connectivity index (χ4v) is 1.01. The molecule has 0 fully saturated rings. The predicted octanol–water partition coefficient (Wildman–Crippen LogP) is 2.18. The molecule has 18 heavy (non-hydrogen) atoms. The lowest BCUT2D eigenvalue weighted by Crippen LogP contribution is -2.29. The Balaban J connectivity index is 0. The molecule has 0 heterocycles. The third-order valence-corrected chi connectivity index (χ3v) is 1.96. The van der Waals surface area contributed by atoms with Gasteiger partial charge in [-0.1, -0.05) is 13.8 Å². The predicted molar refractivity (Wildman–Crippen MR) is 71.2 cm³/mol. The van der Waals surface area contributed by atoms with Crippen molar-refractivity contribution in [1.82, 2.24) is 0 Å². The van der Waals surface area contributed by atoms with Crippen LogP contribution in [0, 0.1) is 5.92 Å². The number of nitrogens with two attached hydrogens (primary N) is 1. The van der Waals surface area contributed by atoms with E-state index < -0.39 is 5.97 Å². The van der Waals surface area contributed by atoms with Crippen molar-refractivity contribution in [3.8, 4) is 0 Å². The van der Waals surface area contributed by atoms with E-state index in [-0.39, 0.29) is 17.6 Å². The van der Waals surface area contributed by atoms with Crippen molar-refractivity contribution >= 4 is 11.9 Å². The summed E-state index contributed by atoms with van der Waals surface area (Å²) in [4.78, 5) is 20.3. The zero-order valence-electron chi connectivity index (χ0n) is 12.3. The molecule has 0 aliphatic carbocycles. The van der Waals surface area contributed by atoms with E-state index in [0.717, 1.165) is 6.92 Å². The van der Waals surface area contributed by atoms with E-state index in [1.165, 1.54) is 0 Å². The zero-order valence-corrected chi connectivity index (χ0v) is 12.3. The normalized spacial score (nSPS) is 12.4. The van der Waals surface area contributed by atoms with Crippen LogP contribution in [0.1, 0.15) is 54.4 Å². The van der Waals surface area contributed by atoms with Gasteiger partial charge in [0.1, 0.15) is 5.60 Å². The molecule has 1 unspecified atom stereocenters. The van der Waals surface area contributed by atoms with Gasteiger partial charge in [-0.05, 0) is 33.1 Å². The number of hydrogen-bond donors (Lipinski definition) is 2. The third-order valence-electron chi connectivity index (χ3n) is 1.96. The number of rotatable bonds is 4. The van der Waals surface area contributed by atoms with Gasteiger partial charge >= 0.3 is 5.97 Å². The van der Waals surface area contributed by atoms with Gasteiger partial charge in [-0.15, -0.1) is 0 Å². The molecule has 0 aliphatic rings. The minimum absolute atomic E-state index is 0.0857. The lowest BCUT2D eigenvalue weighted by atomic mass is 10.0. The molecule has 0 spiro atoms. The third kappa shape index (κ3) is 17.3. The van der Waals surface area contributed by atoms with Crippen molar-refractivity contribution in [3.63, 3.8) is 0 Å². The monoisotopic (exact) mass is 261 g/mol. The van der Waals surface area contributed by atoms with E-state index in [9.17, 15) is 4.79 Å². The van der Waals surface area contributed by atoms with Crippen molar-refractivity contribution in [2.24, 2.45) is 11.7 Å². The summed E-state index contributed by atoms with van der Waals surface area (Å²) in [7, 11) is 0. The van der Waals surface area contributed by atoms with Crippen LogP contribution in [-0.2, 0) is 14.3 Å². The van der Waals surface area contributed by atoms with Gasteiger partial charge in [0, 0.05) is 19.4 Å². The zero-order chi connectivity index (χ0) is 14.9. The Hall–Kier alpha value is -1.10. The minimum atomic E-state index is -0.833. The van der Waals surface area contributed by atoms with Gasteiger partial charge < -0.3 is 15.6 Å². The molecule has 0 aliphatic heterocycles. The summed E-state index contributed by atoms with van der Waals surface area (Å²) in [6.07, 6.45) is 1.11. The molecular weight excluding hydrogens is 234 g/mol. The molecule has 1 atom stereocenters. The van der Waals surface area contributed by atoms with Crippen LogP contribution in [0.15, 0.2) is 0 Å². The molecule has 108 valence electrons. The van der Waals surface area contributed by atoms with Crippen LogP contribution in [0.5, 0.6) is 0 Å². The van der Waals surface area contributed by atoms with E-state index in [1.54, 1.807) is 0 Å². The number of hydrogen-bond acceptors (Lipinski definition) is 4. The number of aliphatic carboxylic acids is 1. The molecule has 3 N–H and O–H groups in total. The average molecular weight is 261 g/mol. The largest absolute Gasteiger partial charge is 0.481 e. The second-order valence-electron chi connectivity index (χ2n) is 5.55. The van der Waals surface area contributed by atoms with Crippen LogP contribution < -0.4 is 5.73 Å². The molecule has 0 saturated heterocycles. The number of carboxylic acids is 1. The molecule has 0 bridgehead atoms. The van der Waals surface area contributed by atoms with E-state index in [4.69, 9.17) is 20.4 Å². The average Bonchev–Trinajstić information content (AvgIpc) is 2.10. The first kappa shape index (κ1) is 19.2. The number of carbonyl (C=O) groups is 2. The van der Waals surface area contributed by atoms with Crippen LogP contribution >= 0.6 is 0 Å². The summed E-state index contributed by atoms with van der Waals surface area (Å²) in [6, 6.07) is 0.0857. The second-order valence-corrected chi connectivity index (χ2v) is 5.55. The highest BCUT2D eigenvalue weighted by Gasteiger charge is 2.17. The van der Waals surface area contributed by atoms with Crippen molar-refractivity contribution in [2.45, 2.75) is 66.0 Å². The smallest absolute Gasteiger partial charge is 0.306 e. The van der Waals surface area contributed by atoms with E-state index in [2.05, 4.69) is 13.8 Å². The highest BCUT2D eigenvalue weighted by Crippen LogP contribution is 2.11. The van der Waals surface area contributed by atoms with Gasteiger partial charge in [0.25, 0.3) is 5.97 Å². The summed E-state index contributed by atoms with van der Waals surface area (Å²) in [5.74, 6) is -0.578. The van der Waals surface area contributed by atoms with E-state index >= 15 is 0 Å². The van der Waals surface area contributed by atoms with Gasteiger partial charge in [0.05, 0.1) is 0 Å². The second kappa shape index (κ2) is 8.91. The van der Waals surface area contributed by atoms with E-state index in [0.29, 0.717) is 18.8 Å². The Bertz CT molecular complexity index is 252. The summed E-state index contributed by atoms with van der Waals surface area (Å²) >= 11 is 0. The fraction of sp³-hybridized carbons (Fsp3) is 0.846. The lowest BCUT2D eigenvalue weighted by molar-refractivity contribution is -0.155. The molecule has 5 heteroatoms. The standard InChI is InChI=1S/C11H23NO2.C2H4O2/c1-8(2)9(12)6-7-10(13)14-11(3,4)5;1-2(3)4/h8-9H,6-7,12H2,1-5H3;1H3,(H,3,4). The summed E-state index contributed by atoms with van der Waals surface area (Å²) in [5.41, 5.74) is 5.43. The first-order chi connectivity index (χ1) is 7.95. The molecule has 0 aromatic rings. The van der Waals surface area contributed by atoms with Crippen LogP contribution in [0.3, 0.4) is 0 Å². The van der Waals surface area contributed by atoms with Crippen molar-refractivity contribution < 1.29 is 19.4 Å². The molecule has 0 radical (unpaired) electrons. The highest BCUT2D eigenvalue weighted by molar-refractivity contribution is 5.69. The lowest BCUT2D eigenvalue weighted by Gasteiger charge is -2.20. The van der Waals surface area contributed by atoms with Crippen molar-refractivity contribution in [2.75, 3.05) is 0 Å². The Morgan fingerprint density at radius 1 is 1.28 bits per heavy atom.